The van der Waals surface area contributed by atoms with Crippen LogP contribution in [0.15, 0.2) is 53.8 Å². The molecule has 1 aromatic heterocycles. The molecule has 5 rings (SSSR count). The number of oxime groups is 1. The molecule has 9 nitrogen and oxygen atoms in total. The Kier molecular flexibility index (Phi) is 9.91. The lowest BCUT2D eigenvalue weighted by molar-refractivity contribution is -0.143. The molecule has 1 atom stereocenters. The van der Waals surface area contributed by atoms with Crippen molar-refractivity contribution in [2.75, 3.05) is 59.1 Å². The topological polar surface area (TPSA) is 90.5 Å². The molecular weight excluding hydrogens is 620 g/mol. The maximum atomic E-state index is 13.7. The van der Waals surface area contributed by atoms with Crippen molar-refractivity contribution in [3.8, 4) is 0 Å². The number of H-pyrrole nitrogens is 1. The molecule has 2 fully saturated rings. The predicted octanol–water partition coefficient (Wildman–Crippen LogP) is 4.83. The average Bonchev–Trinajstić information content (AvgIpc) is 3.43. The number of aromatic amines is 1. The first-order valence-electron chi connectivity index (χ1n) is 14.7. The first kappa shape index (κ1) is 33.3. The van der Waals surface area contributed by atoms with E-state index in [4.69, 9.17) is 9.57 Å². The summed E-state index contributed by atoms with van der Waals surface area (Å²) in [6.45, 7) is 4.24. The lowest BCUT2D eigenvalue weighted by Crippen LogP contribution is -2.56. The standard InChI is InChI=1S/C31H33F6N5O4/c1-20(39-46-19-28(43)41-8-10-45-11-9-41)17-40-6-7-42(25(18-40)14-22-16-38-27-5-3-2-4-26(22)27)29(44)21-12-23(30(32,33)34)15-24(13-21)31(35,36)37/h2-5,12-13,15-16,25,38H,6-11,14,17-19H2,1H3/b39-20+/t25-/m1/s1. The molecule has 3 aromatic rings. The highest BCUT2D eigenvalue weighted by Crippen LogP contribution is 2.37. The van der Waals surface area contributed by atoms with Gasteiger partial charge < -0.3 is 24.4 Å². The van der Waals surface area contributed by atoms with Gasteiger partial charge in [-0.3, -0.25) is 14.5 Å². The number of aromatic nitrogens is 1. The van der Waals surface area contributed by atoms with Crippen molar-refractivity contribution >= 4 is 28.4 Å². The van der Waals surface area contributed by atoms with Crippen molar-refractivity contribution in [3.05, 3.63) is 70.9 Å². The molecule has 2 aliphatic heterocycles. The molecule has 0 unspecified atom stereocenters. The molecule has 2 saturated heterocycles. The van der Waals surface area contributed by atoms with E-state index in [2.05, 4.69) is 10.1 Å². The molecule has 0 bridgehead atoms. The fraction of sp³-hybridized carbons (Fsp3) is 0.452. The maximum absolute atomic E-state index is 13.7. The second-order valence-corrected chi connectivity index (χ2v) is 11.3. The Bertz CT molecular complexity index is 1550. The zero-order valence-electron chi connectivity index (χ0n) is 25.0. The van der Waals surface area contributed by atoms with E-state index in [1.807, 2.05) is 29.2 Å². The van der Waals surface area contributed by atoms with Crippen molar-refractivity contribution in [1.82, 2.24) is 19.7 Å². The number of benzene rings is 2. The number of nitrogens with one attached hydrogen (secondary N) is 1. The summed E-state index contributed by atoms with van der Waals surface area (Å²) >= 11 is 0. The Labute approximate surface area is 260 Å². The number of fused-ring (bicyclic) bond motifs is 1. The quantitative estimate of drug-likeness (QED) is 0.214. The number of para-hydroxylation sites is 1. The fourth-order valence-electron chi connectivity index (χ4n) is 5.76. The Balaban J connectivity index is 1.35. The molecule has 0 radical (unpaired) electrons. The zero-order chi connectivity index (χ0) is 33.1. The molecule has 2 aliphatic rings. The van der Waals surface area contributed by atoms with Gasteiger partial charge in [-0.2, -0.15) is 26.3 Å². The predicted molar refractivity (Wildman–Crippen MR) is 156 cm³/mol. The summed E-state index contributed by atoms with van der Waals surface area (Å²) < 4.78 is 86.7. The highest BCUT2D eigenvalue weighted by molar-refractivity contribution is 5.95. The molecule has 2 aromatic carbocycles. The van der Waals surface area contributed by atoms with Gasteiger partial charge in [-0.15, -0.1) is 0 Å². The first-order valence-corrected chi connectivity index (χ1v) is 14.7. The van der Waals surface area contributed by atoms with Crippen molar-refractivity contribution in [1.29, 1.82) is 0 Å². The Morgan fingerprint density at radius 2 is 1.65 bits per heavy atom. The summed E-state index contributed by atoms with van der Waals surface area (Å²) in [5.41, 5.74) is -1.53. The summed E-state index contributed by atoms with van der Waals surface area (Å²) in [7, 11) is 0. The monoisotopic (exact) mass is 653 g/mol. The van der Waals surface area contributed by atoms with E-state index in [0.29, 0.717) is 50.7 Å². The van der Waals surface area contributed by atoms with Gasteiger partial charge in [-0.1, -0.05) is 23.4 Å². The zero-order valence-corrected chi connectivity index (χ0v) is 25.0. The molecule has 248 valence electrons. The van der Waals surface area contributed by atoms with Crippen LogP contribution in [-0.2, 0) is 33.1 Å². The summed E-state index contributed by atoms with van der Waals surface area (Å²) in [5, 5.41) is 4.95. The minimum Gasteiger partial charge on any atom is -0.386 e. The summed E-state index contributed by atoms with van der Waals surface area (Å²) in [5.74, 6) is -1.13. The van der Waals surface area contributed by atoms with E-state index in [0.717, 1.165) is 16.5 Å². The van der Waals surface area contributed by atoms with Gasteiger partial charge in [0.25, 0.3) is 11.8 Å². The summed E-state index contributed by atoms with van der Waals surface area (Å²) in [6, 6.07) is 7.82. The van der Waals surface area contributed by atoms with E-state index in [-0.39, 0.29) is 44.6 Å². The maximum Gasteiger partial charge on any atom is 0.416 e. The largest absolute Gasteiger partial charge is 0.416 e. The average molecular weight is 654 g/mol. The summed E-state index contributed by atoms with van der Waals surface area (Å²) in [6.07, 6.45) is -8.09. The molecule has 0 aliphatic carbocycles. The Morgan fingerprint density at radius 1 is 0.978 bits per heavy atom. The molecule has 46 heavy (non-hydrogen) atoms. The lowest BCUT2D eigenvalue weighted by atomic mass is 9.98. The van der Waals surface area contributed by atoms with E-state index in [1.165, 1.54) is 4.90 Å². The smallest absolute Gasteiger partial charge is 0.386 e. The van der Waals surface area contributed by atoms with Gasteiger partial charge in [-0.05, 0) is 43.2 Å². The number of morpholine rings is 1. The van der Waals surface area contributed by atoms with Crippen LogP contribution in [0, 0.1) is 0 Å². The van der Waals surface area contributed by atoms with Crippen molar-refractivity contribution in [2.45, 2.75) is 31.7 Å². The van der Waals surface area contributed by atoms with Gasteiger partial charge in [0, 0.05) is 68.0 Å². The SMILES string of the molecule is C/C(CN1CCN(C(=O)c2cc(C(F)(F)F)cc(C(F)(F)F)c2)[C@H](Cc2c[nH]c3ccccc23)C1)=N\OCC(=O)N1CCOCC1. The minimum absolute atomic E-state index is 0.0108. The van der Waals surface area contributed by atoms with Gasteiger partial charge >= 0.3 is 12.4 Å². The molecule has 0 saturated carbocycles. The molecule has 2 amide bonds. The number of ether oxygens (including phenoxy) is 1. The number of carbonyl (C=O) groups is 2. The second kappa shape index (κ2) is 13.7. The third kappa shape index (κ3) is 7.99. The van der Waals surface area contributed by atoms with Gasteiger partial charge in [0.05, 0.1) is 30.1 Å². The number of rotatable bonds is 8. The minimum atomic E-state index is -5.08. The third-order valence-corrected chi connectivity index (χ3v) is 8.02. The van der Waals surface area contributed by atoms with Crippen LogP contribution in [0.3, 0.4) is 0 Å². The van der Waals surface area contributed by atoms with Gasteiger partial charge in [0.2, 0.25) is 0 Å². The molecule has 15 heteroatoms. The van der Waals surface area contributed by atoms with Crippen LogP contribution in [0.4, 0.5) is 26.3 Å². The molecular formula is C31H33F6N5O4. The van der Waals surface area contributed by atoms with Crippen molar-refractivity contribution < 1.29 is 45.5 Å². The van der Waals surface area contributed by atoms with E-state index >= 15 is 0 Å². The normalized spacial score (nSPS) is 18.7. The van der Waals surface area contributed by atoms with E-state index in [9.17, 15) is 35.9 Å². The molecule has 1 N–H and O–H groups in total. The van der Waals surface area contributed by atoms with Crippen LogP contribution in [0.5, 0.6) is 0 Å². The lowest BCUT2D eigenvalue weighted by Gasteiger charge is -2.41. The third-order valence-electron chi connectivity index (χ3n) is 8.02. The van der Waals surface area contributed by atoms with Crippen molar-refractivity contribution in [2.24, 2.45) is 5.16 Å². The highest BCUT2D eigenvalue weighted by atomic mass is 19.4. The second-order valence-electron chi connectivity index (χ2n) is 11.3. The Hall–Kier alpha value is -4.11. The van der Waals surface area contributed by atoms with Crippen LogP contribution >= 0.6 is 0 Å². The van der Waals surface area contributed by atoms with Crippen LogP contribution < -0.4 is 0 Å². The fourth-order valence-corrected chi connectivity index (χ4v) is 5.76. The molecule has 0 spiro atoms. The van der Waals surface area contributed by atoms with Crippen LogP contribution in [-0.4, -0.2) is 102 Å². The number of nitrogens with zero attached hydrogens (tertiary/aromatic N) is 4. The van der Waals surface area contributed by atoms with Gasteiger partial charge in [0.1, 0.15) is 0 Å². The van der Waals surface area contributed by atoms with Crippen LogP contribution in [0.2, 0.25) is 0 Å². The van der Waals surface area contributed by atoms with E-state index < -0.39 is 41.0 Å². The number of alkyl halides is 6. The van der Waals surface area contributed by atoms with Crippen molar-refractivity contribution in [3.63, 3.8) is 0 Å². The Morgan fingerprint density at radius 3 is 2.33 bits per heavy atom. The van der Waals surface area contributed by atoms with Gasteiger partial charge in [0.15, 0.2) is 6.61 Å². The first-order chi connectivity index (χ1) is 21.8. The number of piperazine rings is 1. The van der Waals surface area contributed by atoms with Crippen LogP contribution in [0.1, 0.15) is 34.0 Å². The number of hydrogen-bond donors (Lipinski definition) is 1. The van der Waals surface area contributed by atoms with E-state index in [1.54, 1.807) is 18.0 Å². The van der Waals surface area contributed by atoms with Crippen LogP contribution in [0.25, 0.3) is 10.9 Å². The molecule has 3 heterocycles. The number of amides is 2. The summed E-state index contributed by atoms with van der Waals surface area (Å²) in [4.78, 5) is 39.4. The number of halogens is 6. The highest BCUT2D eigenvalue weighted by Gasteiger charge is 2.39. The number of carbonyl (C=O) groups excluding carboxylic acids is 2. The number of hydrogen-bond acceptors (Lipinski definition) is 6. The van der Waals surface area contributed by atoms with Gasteiger partial charge in [-0.25, -0.2) is 0 Å².